The van der Waals surface area contributed by atoms with Gasteiger partial charge >= 0.3 is 12.1 Å². The maximum atomic E-state index is 13.3. The number of nitrogens with two attached hydrogens (primary N) is 1. The van der Waals surface area contributed by atoms with E-state index in [4.69, 9.17) is 24.7 Å². The molecule has 4 rings (SSSR count). The van der Waals surface area contributed by atoms with E-state index in [1.54, 1.807) is 7.11 Å². The van der Waals surface area contributed by atoms with Crippen LogP contribution >= 0.6 is 0 Å². The molecule has 7 heteroatoms. The van der Waals surface area contributed by atoms with E-state index < -0.39 is 6.09 Å². The molecule has 0 aromatic heterocycles. The highest BCUT2D eigenvalue weighted by atomic mass is 16.7. The summed E-state index contributed by atoms with van der Waals surface area (Å²) < 4.78 is 22.0. The third-order valence-electron chi connectivity index (χ3n) is 10.3. The Morgan fingerprint density at radius 3 is 2.64 bits per heavy atom. The van der Waals surface area contributed by atoms with E-state index >= 15 is 0 Å². The maximum Gasteiger partial charge on any atom is 0.404 e. The van der Waals surface area contributed by atoms with Crippen LogP contribution in [0.25, 0.3) is 0 Å². The van der Waals surface area contributed by atoms with Gasteiger partial charge in [-0.15, -0.1) is 0 Å². The zero-order chi connectivity index (χ0) is 25.9. The molecule has 1 heterocycles. The Kier molecular flexibility index (Phi) is 8.71. The molecule has 3 aliphatic carbocycles. The highest BCUT2D eigenvalue weighted by molar-refractivity contribution is 5.77. The monoisotopic (exact) mass is 505 g/mol. The second-order valence-electron chi connectivity index (χ2n) is 12.3. The molecule has 0 spiro atoms. The number of carbonyl (C=O) groups excluding carboxylic acids is 2. The number of rotatable bonds is 11. The fourth-order valence-corrected chi connectivity index (χ4v) is 8.20. The Morgan fingerprint density at radius 1 is 1.11 bits per heavy atom. The molecule has 7 nitrogen and oxygen atoms in total. The SMILES string of the molecule is COCO[C@H]1CC[C@]2(C)C3=C(OC(=O)[C@H]2C1)[C@@H]1CC[C@H]([C@H](C)CCCCCCOC(N)=O)[C@@]1(C)CC3. The molecule has 4 aliphatic rings. The van der Waals surface area contributed by atoms with Crippen molar-refractivity contribution in [2.24, 2.45) is 40.2 Å². The number of unbranched alkanes of at least 4 members (excludes halogenated alkanes) is 3. The quantitative estimate of drug-likeness (QED) is 0.207. The Balaban J connectivity index is 1.37. The smallest absolute Gasteiger partial charge is 0.404 e. The Labute approximate surface area is 216 Å². The first-order valence-corrected chi connectivity index (χ1v) is 14.2. The van der Waals surface area contributed by atoms with Gasteiger partial charge in [-0.25, -0.2) is 4.79 Å². The van der Waals surface area contributed by atoms with Gasteiger partial charge in [0.05, 0.1) is 18.6 Å². The Hall–Kier alpha value is -1.60. The molecule has 1 amide bonds. The van der Waals surface area contributed by atoms with Gasteiger partial charge in [0.2, 0.25) is 0 Å². The van der Waals surface area contributed by atoms with Crippen LogP contribution in [0.5, 0.6) is 0 Å². The van der Waals surface area contributed by atoms with Crippen molar-refractivity contribution in [2.45, 2.75) is 104 Å². The zero-order valence-electron chi connectivity index (χ0n) is 22.8. The molecular weight excluding hydrogens is 458 g/mol. The van der Waals surface area contributed by atoms with E-state index in [2.05, 4.69) is 20.8 Å². The summed E-state index contributed by atoms with van der Waals surface area (Å²) in [5.41, 5.74) is 6.56. The molecule has 0 aromatic rings. The lowest BCUT2D eigenvalue weighted by molar-refractivity contribution is -0.164. The lowest BCUT2D eigenvalue weighted by Crippen LogP contribution is -2.50. The zero-order valence-corrected chi connectivity index (χ0v) is 22.8. The Bertz CT molecular complexity index is 842. The van der Waals surface area contributed by atoms with Crippen LogP contribution in [0.1, 0.15) is 97.8 Å². The summed E-state index contributed by atoms with van der Waals surface area (Å²) in [5.74, 6) is 2.58. The second kappa shape index (κ2) is 11.4. The van der Waals surface area contributed by atoms with Crippen molar-refractivity contribution in [2.75, 3.05) is 20.5 Å². The van der Waals surface area contributed by atoms with E-state index in [1.165, 1.54) is 31.3 Å². The van der Waals surface area contributed by atoms with Crippen LogP contribution in [0.2, 0.25) is 0 Å². The van der Waals surface area contributed by atoms with Crippen LogP contribution in [0.4, 0.5) is 4.79 Å². The summed E-state index contributed by atoms with van der Waals surface area (Å²) in [6.07, 6.45) is 12.2. The summed E-state index contributed by atoms with van der Waals surface area (Å²) in [6.45, 7) is 7.90. The largest absolute Gasteiger partial charge is 0.450 e. The lowest BCUT2D eigenvalue weighted by atomic mass is 9.54. The van der Waals surface area contributed by atoms with Gasteiger partial charge in [0.15, 0.2) is 0 Å². The van der Waals surface area contributed by atoms with Crippen molar-refractivity contribution in [1.29, 1.82) is 0 Å². The molecule has 0 aromatic carbocycles. The highest BCUT2D eigenvalue weighted by Gasteiger charge is 2.59. The van der Waals surface area contributed by atoms with Crippen LogP contribution in [-0.2, 0) is 23.7 Å². The van der Waals surface area contributed by atoms with Crippen molar-refractivity contribution < 1.29 is 28.5 Å². The number of ether oxygens (including phenoxy) is 4. The van der Waals surface area contributed by atoms with Gasteiger partial charge < -0.3 is 24.7 Å². The molecule has 204 valence electrons. The van der Waals surface area contributed by atoms with Crippen molar-refractivity contribution in [3.63, 3.8) is 0 Å². The third kappa shape index (κ3) is 5.33. The number of fused-ring (bicyclic) bond motifs is 4. The van der Waals surface area contributed by atoms with Crippen molar-refractivity contribution in [3.8, 4) is 0 Å². The number of esters is 1. The van der Waals surface area contributed by atoms with Gasteiger partial charge in [-0.1, -0.05) is 46.5 Å². The third-order valence-corrected chi connectivity index (χ3v) is 10.3. The van der Waals surface area contributed by atoms with E-state index in [0.717, 1.165) is 57.1 Å². The summed E-state index contributed by atoms with van der Waals surface area (Å²) in [5, 5.41) is 0. The minimum absolute atomic E-state index is 0.0389. The standard InChI is InChI=1S/C29H47NO6/c1-19(9-7-5-6-8-16-34-27(30)32)21-10-11-22-25-23(13-15-28(21,22)2)29(3)14-12-20(35-18-33-4)17-24(29)26(31)36-25/h19-22,24H,5-18H2,1-4H3,(H2,30,32)/t19-,20+,21-,22+,24-,28-,29-/m1/s1. The fourth-order valence-electron chi connectivity index (χ4n) is 8.20. The second-order valence-corrected chi connectivity index (χ2v) is 12.3. The molecule has 2 fully saturated rings. The van der Waals surface area contributed by atoms with Crippen molar-refractivity contribution >= 4 is 12.1 Å². The van der Waals surface area contributed by atoms with E-state index in [9.17, 15) is 9.59 Å². The first-order chi connectivity index (χ1) is 17.2. The molecule has 2 N–H and O–H groups in total. The summed E-state index contributed by atoms with van der Waals surface area (Å²) in [6, 6.07) is 0. The van der Waals surface area contributed by atoms with E-state index in [0.29, 0.717) is 24.4 Å². The molecule has 0 radical (unpaired) electrons. The van der Waals surface area contributed by atoms with Gasteiger partial charge in [0, 0.05) is 18.4 Å². The summed E-state index contributed by atoms with van der Waals surface area (Å²) in [7, 11) is 1.64. The lowest BCUT2D eigenvalue weighted by Gasteiger charge is -2.53. The normalized spacial score (nSPS) is 36.5. The molecular formula is C29H47NO6. The topological polar surface area (TPSA) is 97.1 Å². The molecule has 0 saturated heterocycles. The van der Waals surface area contributed by atoms with Gasteiger partial charge in [0.25, 0.3) is 0 Å². The molecule has 1 aliphatic heterocycles. The minimum atomic E-state index is -0.685. The molecule has 0 unspecified atom stereocenters. The highest BCUT2D eigenvalue weighted by Crippen LogP contribution is 2.65. The number of amides is 1. The average molecular weight is 506 g/mol. The first-order valence-electron chi connectivity index (χ1n) is 14.2. The number of allylic oxidation sites excluding steroid dienone is 2. The van der Waals surface area contributed by atoms with Gasteiger partial charge in [-0.05, 0) is 74.2 Å². The molecule has 36 heavy (non-hydrogen) atoms. The van der Waals surface area contributed by atoms with Crippen molar-refractivity contribution in [1.82, 2.24) is 0 Å². The van der Waals surface area contributed by atoms with E-state index in [1.807, 2.05) is 0 Å². The molecule has 0 bridgehead atoms. The fraction of sp³-hybridized carbons (Fsp3) is 0.862. The van der Waals surface area contributed by atoms with E-state index in [-0.39, 0.29) is 35.6 Å². The maximum absolute atomic E-state index is 13.3. The van der Waals surface area contributed by atoms with Crippen LogP contribution in [-0.4, -0.2) is 38.7 Å². The summed E-state index contributed by atoms with van der Waals surface area (Å²) in [4.78, 5) is 24.0. The van der Waals surface area contributed by atoms with Crippen molar-refractivity contribution in [3.05, 3.63) is 11.3 Å². The number of methoxy groups -OCH3 is 1. The number of hydrogen-bond acceptors (Lipinski definition) is 6. The first kappa shape index (κ1) is 27.4. The van der Waals surface area contributed by atoms with Gasteiger partial charge in [-0.3, -0.25) is 4.79 Å². The Morgan fingerprint density at radius 2 is 1.89 bits per heavy atom. The number of primary amides is 1. The van der Waals surface area contributed by atoms with Gasteiger partial charge in [-0.2, -0.15) is 0 Å². The van der Waals surface area contributed by atoms with Gasteiger partial charge in [0.1, 0.15) is 12.6 Å². The molecule has 7 atom stereocenters. The van der Waals surface area contributed by atoms with Crippen LogP contribution in [0, 0.1) is 34.5 Å². The summed E-state index contributed by atoms with van der Waals surface area (Å²) >= 11 is 0. The predicted molar refractivity (Wildman–Crippen MR) is 137 cm³/mol. The average Bonchev–Trinajstić information content (AvgIpc) is 3.20. The van der Waals surface area contributed by atoms with Crippen LogP contribution in [0.3, 0.4) is 0 Å². The number of hydrogen-bond donors (Lipinski definition) is 1. The van der Waals surface area contributed by atoms with Crippen LogP contribution < -0.4 is 5.73 Å². The number of carbonyl (C=O) groups is 2. The predicted octanol–water partition coefficient (Wildman–Crippen LogP) is 6.10. The van der Waals surface area contributed by atoms with Crippen LogP contribution in [0.15, 0.2) is 11.3 Å². The molecule has 2 saturated carbocycles. The minimum Gasteiger partial charge on any atom is -0.450 e.